The average molecular weight is 328 g/mol. The Bertz CT molecular complexity index is 591. The average Bonchev–Trinajstić information content (AvgIpc) is 2.99. The van der Waals surface area contributed by atoms with Gasteiger partial charge in [0.2, 0.25) is 0 Å². The molecule has 2 rings (SSSR count). The number of benzene rings is 1. The summed E-state index contributed by atoms with van der Waals surface area (Å²) in [6.45, 7) is 5.06. The lowest BCUT2D eigenvalue weighted by Gasteiger charge is -2.21. The first kappa shape index (κ1) is 17.3. The first-order valence-corrected chi connectivity index (χ1v) is 7.49. The standard InChI is InChI=1S/C16H19F3N2O2/c1-11(2)23-15(21-8-3-4-9-21)20-14(22)12-6-5-7-13(10-12)16(17,18)19/h5-7,10-11H,3-4,8-9H2,1-2H3. The van der Waals surface area contributed by atoms with E-state index in [-0.39, 0.29) is 17.7 Å². The lowest BCUT2D eigenvalue weighted by atomic mass is 10.1. The van der Waals surface area contributed by atoms with Crippen LogP contribution < -0.4 is 0 Å². The molecule has 0 radical (unpaired) electrons. The van der Waals surface area contributed by atoms with E-state index >= 15 is 0 Å². The van der Waals surface area contributed by atoms with Crippen LogP contribution in [-0.4, -0.2) is 36.0 Å². The van der Waals surface area contributed by atoms with Crippen molar-refractivity contribution >= 4 is 11.9 Å². The zero-order valence-corrected chi connectivity index (χ0v) is 13.1. The molecule has 23 heavy (non-hydrogen) atoms. The van der Waals surface area contributed by atoms with Crippen molar-refractivity contribution in [3.63, 3.8) is 0 Å². The molecular formula is C16H19F3N2O2. The van der Waals surface area contributed by atoms with E-state index in [0.29, 0.717) is 0 Å². The summed E-state index contributed by atoms with van der Waals surface area (Å²) in [5.74, 6) is -0.737. The zero-order chi connectivity index (χ0) is 17.0. The summed E-state index contributed by atoms with van der Waals surface area (Å²) < 4.78 is 43.8. The summed E-state index contributed by atoms with van der Waals surface area (Å²) in [6, 6.07) is 4.43. The quantitative estimate of drug-likeness (QED) is 0.614. The summed E-state index contributed by atoms with van der Waals surface area (Å²) >= 11 is 0. The maximum absolute atomic E-state index is 12.7. The molecule has 126 valence electrons. The highest BCUT2D eigenvalue weighted by atomic mass is 19.4. The molecule has 0 atom stereocenters. The number of rotatable bonds is 2. The van der Waals surface area contributed by atoms with E-state index in [0.717, 1.165) is 38.1 Å². The predicted octanol–water partition coefficient (Wildman–Crippen LogP) is 3.72. The molecule has 4 nitrogen and oxygen atoms in total. The minimum atomic E-state index is -4.49. The van der Waals surface area contributed by atoms with Crippen LogP contribution in [0.25, 0.3) is 0 Å². The fourth-order valence-electron chi connectivity index (χ4n) is 2.27. The minimum Gasteiger partial charge on any atom is -0.462 e. The molecule has 1 aliphatic rings. The topological polar surface area (TPSA) is 41.9 Å². The van der Waals surface area contributed by atoms with E-state index in [1.54, 1.807) is 13.8 Å². The molecule has 1 amide bonds. The Balaban J connectivity index is 2.26. The van der Waals surface area contributed by atoms with Crippen LogP contribution in [-0.2, 0) is 10.9 Å². The summed E-state index contributed by atoms with van der Waals surface area (Å²) in [6.07, 6.45) is -2.73. The highest BCUT2D eigenvalue weighted by Gasteiger charge is 2.31. The van der Waals surface area contributed by atoms with E-state index in [9.17, 15) is 18.0 Å². The summed E-state index contributed by atoms with van der Waals surface area (Å²) in [5.41, 5.74) is -0.977. The lowest BCUT2D eigenvalue weighted by molar-refractivity contribution is -0.137. The molecule has 1 aliphatic heterocycles. The van der Waals surface area contributed by atoms with Crippen LogP contribution in [0, 0.1) is 0 Å². The number of carbonyl (C=O) groups is 1. The van der Waals surface area contributed by atoms with Gasteiger partial charge >= 0.3 is 6.18 Å². The number of amidine groups is 1. The van der Waals surface area contributed by atoms with Gasteiger partial charge in [-0.3, -0.25) is 4.79 Å². The molecule has 0 bridgehead atoms. The molecule has 0 aromatic heterocycles. The van der Waals surface area contributed by atoms with Crippen LogP contribution >= 0.6 is 0 Å². The van der Waals surface area contributed by atoms with Crippen LogP contribution in [0.4, 0.5) is 13.2 Å². The van der Waals surface area contributed by atoms with Crippen molar-refractivity contribution in [3.05, 3.63) is 35.4 Å². The van der Waals surface area contributed by atoms with Crippen molar-refractivity contribution in [3.8, 4) is 0 Å². The first-order valence-electron chi connectivity index (χ1n) is 7.49. The number of hydrogen-bond acceptors (Lipinski definition) is 2. The fourth-order valence-corrected chi connectivity index (χ4v) is 2.27. The Labute approximate surface area is 133 Å². The highest BCUT2D eigenvalue weighted by Crippen LogP contribution is 2.29. The van der Waals surface area contributed by atoms with Gasteiger partial charge in [0, 0.05) is 18.7 Å². The Morgan fingerprint density at radius 2 is 1.91 bits per heavy atom. The van der Waals surface area contributed by atoms with E-state index in [1.807, 2.05) is 4.90 Å². The second kappa shape index (κ2) is 7.02. The number of alkyl halides is 3. The molecule has 0 aliphatic carbocycles. The van der Waals surface area contributed by atoms with Crippen LogP contribution in [0.5, 0.6) is 0 Å². The van der Waals surface area contributed by atoms with Gasteiger partial charge in [0.05, 0.1) is 11.7 Å². The SMILES string of the molecule is CC(C)OC(=NC(=O)c1cccc(C(F)(F)F)c1)N1CCCC1. The number of carbonyl (C=O) groups excluding carboxylic acids is 1. The molecule has 0 spiro atoms. The van der Waals surface area contributed by atoms with Crippen molar-refractivity contribution < 1.29 is 22.7 Å². The van der Waals surface area contributed by atoms with E-state index < -0.39 is 17.6 Å². The first-order chi connectivity index (χ1) is 10.8. The number of aliphatic imine (C=N–C) groups is 1. The number of nitrogens with zero attached hydrogens (tertiary/aromatic N) is 2. The maximum atomic E-state index is 12.7. The van der Waals surface area contributed by atoms with E-state index in [4.69, 9.17) is 4.74 Å². The zero-order valence-electron chi connectivity index (χ0n) is 13.1. The molecule has 1 fully saturated rings. The summed E-state index contributed by atoms with van der Waals surface area (Å²) in [7, 11) is 0. The van der Waals surface area contributed by atoms with Gasteiger partial charge in [-0.25, -0.2) is 0 Å². The Kier molecular flexibility index (Phi) is 5.28. The van der Waals surface area contributed by atoms with Gasteiger partial charge in [0.25, 0.3) is 11.9 Å². The summed E-state index contributed by atoms with van der Waals surface area (Å²) in [5, 5.41) is 0. The fraction of sp³-hybridized carbons (Fsp3) is 0.500. The maximum Gasteiger partial charge on any atom is 0.416 e. The van der Waals surface area contributed by atoms with Gasteiger partial charge in [-0.1, -0.05) is 6.07 Å². The molecule has 1 heterocycles. The van der Waals surface area contributed by atoms with Crippen LogP contribution in [0.3, 0.4) is 0 Å². The van der Waals surface area contributed by atoms with E-state index in [2.05, 4.69) is 4.99 Å². The number of halogens is 3. The van der Waals surface area contributed by atoms with Crippen LogP contribution in [0.1, 0.15) is 42.6 Å². The van der Waals surface area contributed by atoms with Crippen molar-refractivity contribution in [2.24, 2.45) is 4.99 Å². The Morgan fingerprint density at radius 1 is 1.26 bits per heavy atom. The number of ether oxygens (including phenoxy) is 1. The highest BCUT2D eigenvalue weighted by molar-refractivity contribution is 6.01. The molecule has 1 saturated heterocycles. The van der Waals surface area contributed by atoms with Gasteiger partial charge in [0.15, 0.2) is 0 Å². The monoisotopic (exact) mass is 328 g/mol. The van der Waals surface area contributed by atoms with Gasteiger partial charge in [0.1, 0.15) is 0 Å². The molecule has 1 aromatic carbocycles. The number of amides is 1. The third-order valence-corrected chi connectivity index (χ3v) is 3.35. The van der Waals surface area contributed by atoms with Gasteiger partial charge in [-0.05, 0) is 44.9 Å². The minimum absolute atomic E-state index is 0.108. The van der Waals surface area contributed by atoms with Crippen molar-refractivity contribution in [2.45, 2.75) is 39.0 Å². The normalized spacial score (nSPS) is 16.1. The van der Waals surface area contributed by atoms with Crippen LogP contribution in [0.15, 0.2) is 29.3 Å². The van der Waals surface area contributed by atoms with Crippen molar-refractivity contribution in [1.82, 2.24) is 4.90 Å². The molecular weight excluding hydrogens is 309 g/mol. The third-order valence-electron chi connectivity index (χ3n) is 3.35. The van der Waals surface area contributed by atoms with E-state index in [1.165, 1.54) is 12.1 Å². The molecule has 0 unspecified atom stereocenters. The van der Waals surface area contributed by atoms with Crippen molar-refractivity contribution in [2.75, 3.05) is 13.1 Å². The van der Waals surface area contributed by atoms with Gasteiger partial charge < -0.3 is 9.64 Å². The second-order valence-corrected chi connectivity index (χ2v) is 5.64. The molecule has 0 N–H and O–H groups in total. The van der Waals surface area contributed by atoms with Crippen LogP contribution in [0.2, 0.25) is 0 Å². The Morgan fingerprint density at radius 3 is 2.48 bits per heavy atom. The largest absolute Gasteiger partial charge is 0.462 e. The molecule has 7 heteroatoms. The predicted molar refractivity (Wildman–Crippen MR) is 80.2 cm³/mol. The molecule has 0 saturated carbocycles. The second-order valence-electron chi connectivity index (χ2n) is 5.64. The Hall–Kier alpha value is -2.05. The number of likely N-dealkylation sites (tertiary alicyclic amines) is 1. The van der Waals surface area contributed by atoms with Gasteiger partial charge in [-0.2, -0.15) is 18.2 Å². The smallest absolute Gasteiger partial charge is 0.416 e. The van der Waals surface area contributed by atoms with Crippen molar-refractivity contribution in [1.29, 1.82) is 0 Å². The third kappa shape index (κ3) is 4.71. The molecule has 1 aromatic rings. The summed E-state index contributed by atoms with van der Waals surface area (Å²) in [4.78, 5) is 18.0. The number of hydrogen-bond donors (Lipinski definition) is 0. The lowest BCUT2D eigenvalue weighted by Crippen LogP contribution is -2.32. The van der Waals surface area contributed by atoms with Gasteiger partial charge in [-0.15, -0.1) is 0 Å².